The van der Waals surface area contributed by atoms with Crippen molar-refractivity contribution in [2.75, 3.05) is 7.11 Å². The van der Waals surface area contributed by atoms with Crippen LogP contribution in [0.3, 0.4) is 0 Å². The number of methoxy groups -OCH3 is 1. The van der Waals surface area contributed by atoms with Gasteiger partial charge in [0, 0.05) is 6.42 Å². The summed E-state index contributed by atoms with van der Waals surface area (Å²) in [6.07, 6.45) is -0.317. The number of phenolic OH excluding ortho intramolecular Hbond substituents is 1. The van der Waals surface area contributed by atoms with Crippen molar-refractivity contribution in [1.82, 2.24) is 5.32 Å². The summed E-state index contributed by atoms with van der Waals surface area (Å²) in [6.45, 7) is 0. The van der Waals surface area contributed by atoms with E-state index in [1.807, 2.05) is 0 Å². The topological polar surface area (TPSA) is 139 Å². The fourth-order valence-electron chi connectivity index (χ4n) is 1.65. The van der Waals surface area contributed by atoms with E-state index in [2.05, 4.69) is 5.32 Å². The first-order chi connectivity index (χ1) is 9.86. The summed E-state index contributed by atoms with van der Waals surface area (Å²) in [5.74, 6) is -3.06. The van der Waals surface area contributed by atoms with Crippen LogP contribution in [0.1, 0.15) is 23.2 Å². The van der Waals surface area contributed by atoms with Gasteiger partial charge in [-0.3, -0.25) is 9.59 Å². The molecule has 0 saturated carbocycles. The van der Waals surface area contributed by atoms with Crippen LogP contribution in [0.25, 0.3) is 0 Å². The molecule has 0 aliphatic rings. The van der Waals surface area contributed by atoms with Crippen LogP contribution < -0.4 is 15.8 Å². The highest BCUT2D eigenvalue weighted by atomic mass is 16.5. The van der Waals surface area contributed by atoms with Crippen molar-refractivity contribution in [3.63, 3.8) is 0 Å². The molecule has 1 atom stereocenters. The van der Waals surface area contributed by atoms with Crippen LogP contribution in [0.5, 0.6) is 11.5 Å². The van der Waals surface area contributed by atoms with Crippen molar-refractivity contribution in [2.45, 2.75) is 18.9 Å². The van der Waals surface area contributed by atoms with Gasteiger partial charge < -0.3 is 26.0 Å². The number of carboxylic acids is 1. The number of amides is 2. The summed E-state index contributed by atoms with van der Waals surface area (Å²) in [4.78, 5) is 33.7. The molecule has 1 rings (SSSR count). The van der Waals surface area contributed by atoms with E-state index >= 15 is 0 Å². The number of nitrogens with two attached hydrogens (primary N) is 1. The Kier molecular flexibility index (Phi) is 5.53. The SMILES string of the molecule is COc1cccc(C(=O)NC(CCC(N)=O)C(=O)O)c1O. The van der Waals surface area contributed by atoms with E-state index in [4.69, 9.17) is 15.6 Å². The molecule has 0 fully saturated rings. The number of hydrogen-bond donors (Lipinski definition) is 4. The van der Waals surface area contributed by atoms with Crippen LogP contribution in [-0.4, -0.2) is 41.1 Å². The summed E-state index contributed by atoms with van der Waals surface area (Å²) >= 11 is 0. The molecule has 8 heteroatoms. The number of nitrogens with one attached hydrogen (secondary N) is 1. The number of rotatable bonds is 7. The lowest BCUT2D eigenvalue weighted by atomic mass is 10.1. The highest BCUT2D eigenvalue weighted by Crippen LogP contribution is 2.29. The minimum atomic E-state index is -1.30. The van der Waals surface area contributed by atoms with E-state index in [1.165, 1.54) is 25.3 Å². The number of carbonyl (C=O) groups is 3. The first-order valence-electron chi connectivity index (χ1n) is 6.04. The molecule has 0 spiro atoms. The zero-order valence-electron chi connectivity index (χ0n) is 11.3. The van der Waals surface area contributed by atoms with Gasteiger partial charge in [0.05, 0.1) is 12.7 Å². The Balaban J connectivity index is 2.87. The molecule has 2 amide bonds. The van der Waals surface area contributed by atoms with Gasteiger partial charge in [-0.2, -0.15) is 0 Å². The minimum absolute atomic E-state index is 0.0895. The zero-order valence-corrected chi connectivity index (χ0v) is 11.3. The van der Waals surface area contributed by atoms with E-state index in [-0.39, 0.29) is 24.2 Å². The second-order valence-electron chi connectivity index (χ2n) is 4.23. The summed E-state index contributed by atoms with van der Waals surface area (Å²) < 4.78 is 4.86. The third-order valence-electron chi connectivity index (χ3n) is 2.75. The van der Waals surface area contributed by atoms with Gasteiger partial charge in [0.1, 0.15) is 6.04 Å². The van der Waals surface area contributed by atoms with Gasteiger partial charge in [-0.15, -0.1) is 0 Å². The Hall–Kier alpha value is -2.77. The maximum absolute atomic E-state index is 12.0. The van der Waals surface area contributed by atoms with Crippen LogP contribution in [-0.2, 0) is 9.59 Å². The summed E-state index contributed by atoms with van der Waals surface area (Å²) in [7, 11) is 1.32. The van der Waals surface area contributed by atoms with E-state index in [0.717, 1.165) is 0 Å². The maximum atomic E-state index is 12.0. The summed E-state index contributed by atoms with van der Waals surface area (Å²) in [5, 5.41) is 21.0. The molecule has 8 nitrogen and oxygen atoms in total. The molecule has 0 heterocycles. The Morgan fingerprint density at radius 1 is 1.38 bits per heavy atom. The van der Waals surface area contributed by atoms with Gasteiger partial charge in [-0.05, 0) is 18.6 Å². The van der Waals surface area contributed by atoms with Crippen molar-refractivity contribution in [3.8, 4) is 11.5 Å². The monoisotopic (exact) mass is 296 g/mol. The smallest absolute Gasteiger partial charge is 0.326 e. The summed E-state index contributed by atoms with van der Waals surface area (Å²) in [6, 6.07) is 2.97. The molecule has 1 aromatic carbocycles. The standard InChI is InChI=1S/C13H16N2O6/c1-21-9-4-2-3-7(11(9)17)12(18)15-8(13(19)20)5-6-10(14)16/h2-4,8,17H,5-6H2,1H3,(H2,14,16)(H,15,18)(H,19,20). The number of aliphatic carboxylic acids is 1. The van der Waals surface area contributed by atoms with Crippen LogP contribution in [0, 0.1) is 0 Å². The molecular formula is C13H16N2O6. The number of phenols is 1. The number of primary amides is 1. The van der Waals surface area contributed by atoms with Crippen molar-refractivity contribution in [3.05, 3.63) is 23.8 Å². The second kappa shape index (κ2) is 7.13. The largest absolute Gasteiger partial charge is 0.504 e. The molecule has 0 saturated heterocycles. The molecule has 114 valence electrons. The van der Waals surface area contributed by atoms with Gasteiger partial charge in [-0.1, -0.05) is 6.07 Å². The van der Waals surface area contributed by atoms with Gasteiger partial charge >= 0.3 is 5.97 Å². The van der Waals surface area contributed by atoms with Gasteiger partial charge in [0.25, 0.3) is 5.91 Å². The van der Waals surface area contributed by atoms with E-state index < -0.39 is 29.6 Å². The number of carbonyl (C=O) groups excluding carboxylic acids is 2. The van der Waals surface area contributed by atoms with Crippen LogP contribution in [0.2, 0.25) is 0 Å². The fourth-order valence-corrected chi connectivity index (χ4v) is 1.65. The highest BCUT2D eigenvalue weighted by Gasteiger charge is 2.23. The Morgan fingerprint density at radius 3 is 2.57 bits per heavy atom. The van der Waals surface area contributed by atoms with E-state index in [0.29, 0.717) is 0 Å². The summed E-state index contributed by atoms with van der Waals surface area (Å²) in [5.41, 5.74) is 4.82. The number of aromatic hydroxyl groups is 1. The van der Waals surface area contributed by atoms with Crippen molar-refractivity contribution < 1.29 is 29.3 Å². The van der Waals surface area contributed by atoms with E-state index in [1.54, 1.807) is 0 Å². The van der Waals surface area contributed by atoms with Gasteiger partial charge in [0.2, 0.25) is 5.91 Å². The normalized spacial score (nSPS) is 11.5. The van der Waals surface area contributed by atoms with E-state index in [9.17, 15) is 19.5 Å². The minimum Gasteiger partial charge on any atom is -0.504 e. The number of para-hydroxylation sites is 1. The number of hydrogen-bond acceptors (Lipinski definition) is 5. The molecule has 5 N–H and O–H groups in total. The number of ether oxygens (including phenoxy) is 1. The van der Waals surface area contributed by atoms with Crippen LogP contribution >= 0.6 is 0 Å². The molecule has 1 unspecified atom stereocenters. The molecule has 0 radical (unpaired) electrons. The third-order valence-corrected chi connectivity index (χ3v) is 2.75. The van der Waals surface area contributed by atoms with Crippen LogP contribution in [0.15, 0.2) is 18.2 Å². The third kappa shape index (κ3) is 4.37. The first-order valence-corrected chi connectivity index (χ1v) is 6.04. The Morgan fingerprint density at radius 2 is 2.05 bits per heavy atom. The predicted molar refractivity (Wildman–Crippen MR) is 72.0 cm³/mol. The van der Waals surface area contributed by atoms with Crippen LogP contribution in [0.4, 0.5) is 0 Å². The average Bonchev–Trinajstić information content (AvgIpc) is 2.42. The quantitative estimate of drug-likeness (QED) is 0.552. The highest BCUT2D eigenvalue weighted by molar-refractivity contribution is 5.99. The Labute approximate surface area is 120 Å². The van der Waals surface area contributed by atoms with Crippen molar-refractivity contribution in [2.24, 2.45) is 5.73 Å². The molecule has 0 aliphatic carbocycles. The second-order valence-corrected chi connectivity index (χ2v) is 4.23. The zero-order chi connectivity index (χ0) is 16.0. The average molecular weight is 296 g/mol. The molecule has 1 aromatic rings. The molecule has 0 aliphatic heterocycles. The maximum Gasteiger partial charge on any atom is 0.326 e. The van der Waals surface area contributed by atoms with Gasteiger partial charge in [0.15, 0.2) is 11.5 Å². The fraction of sp³-hybridized carbons (Fsp3) is 0.308. The molecule has 21 heavy (non-hydrogen) atoms. The number of carboxylic acid groups (broad SMARTS) is 1. The van der Waals surface area contributed by atoms with Gasteiger partial charge in [-0.25, -0.2) is 4.79 Å². The lowest BCUT2D eigenvalue weighted by molar-refractivity contribution is -0.139. The lowest BCUT2D eigenvalue weighted by Crippen LogP contribution is -2.41. The molecule has 0 bridgehead atoms. The molecule has 0 aromatic heterocycles. The van der Waals surface area contributed by atoms with Crippen molar-refractivity contribution >= 4 is 17.8 Å². The molecular weight excluding hydrogens is 280 g/mol. The lowest BCUT2D eigenvalue weighted by Gasteiger charge is -2.15. The first kappa shape index (κ1) is 16.3. The predicted octanol–water partition coefficient (Wildman–Crippen LogP) is -0.151. The Bertz CT molecular complexity index is 558. The van der Waals surface area contributed by atoms with Crippen molar-refractivity contribution in [1.29, 1.82) is 0 Å². The number of benzene rings is 1.